The van der Waals surface area contributed by atoms with Crippen molar-refractivity contribution in [1.82, 2.24) is 0 Å². The summed E-state index contributed by atoms with van der Waals surface area (Å²) in [5, 5.41) is 2.98. The molecule has 2 amide bonds. The molecule has 0 aliphatic rings. The molecule has 238 valence electrons. The molecule has 0 unspecified atom stereocenters. The van der Waals surface area contributed by atoms with Gasteiger partial charge in [-0.3, -0.25) is 4.79 Å². The second-order valence-corrected chi connectivity index (χ2v) is 9.96. The van der Waals surface area contributed by atoms with Gasteiger partial charge in [0.1, 0.15) is 18.7 Å². The number of nitrogens with zero attached hydrogens (tertiary/aromatic N) is 1. The smallest absolute Gasteiger partial charge is 0.404 e. The number of hydrogen-bond acceptors (Lipinski definition) is 5. The molecule has 0 radical (unpaired) electrons. The van der Waals surface area contributed by atoms with Crippen molar-refractivity contribution in [3.8, 4) is 0 Å². The van der Waals surface area contributed by atoms with Crippen molar-refractivity contribution >= 4 is 17.7 Å². The minimum Gasteiger partial charge on any atom is -1.00 e. The van der Waals surface area contributed by atoms with Gasteiger partial charge in [-0.25, -0.2) is 9.36 Å². The molecule has 42 heavy (non-hydrogen) atoms. The molecule has 0 aliphatic heterocycles. The largest absolute Gasteiger partial charge is 1.00 e. The van der Waals surface area contributed by atoms with Crippen LogP contribution in [0.1, 0.15) is 101 Å². The lowest BCUT2D eigenvalue weighted by atomic mass is 10.1. The van der Waals surface area contributed by atoms with Gasteiger partial charge in [-0.15, -0.1) is 0 Å². The van der Waals surface area contributed by atoms with Crippen LogP contribution in [0.4, 0.5) is 10.5 Å². The minimum atomic E-state index is -0.763. The highest BCUT2D eigenvalue weighted by Crippen LogP contribution is 2.16. The van der Waals surface area contributed by atoms with Gasteiger partial charge in [0.05, 0.1) is 19.8 Å². The lowest BCUT2D eigenvalue weighted by molar-refractivity contribution is -0.693. The van der Waals surface area contributed by atoms with Gasteiger partial charge in [-0.1, -0.05) is 89.8 Å². The number of ether oxygens (including phenoxy) is 3. The van der Waals surface area contributed by atoms with E-state index in [2.05, 4.69) is 23.9 Å². The summed E-state index contributed by atoms with van der Waals surface area (Å²) in [6.07, 6.45) is 17.3. The number of aryl methyl sites for hydroxylation is 2. The number of pyridine rings is 1. The molecular weight excluding hydrogens is 645 g/mol. The van der Waals surface area contributed by atoms with Crippen molar-refractivity contribution in [3.05, 3.63) is 59.9 Å². The number of unbranched alkanes of at least 4 members (excludes halogenated alkanes) is 9. The first-order valence-electron chi connectivity index (χ1n) is 15.5. The third kappa shape index (κ3) is 20.6. The summed E-state index contributed by atoms with van der Waals surface area (Å²) in [4.78, 5) is 22.5. The van der Waals surface area contributed by atoms with E-state index in [4.69, 9.17) is 15.2 Å². The third-order valence-corrected chi connectivity index (χ3v) is 6.62. The summed E-state index contributed by atoms with van der Waals surface area (Å²) >= 11 is 0. The van der Waals surface area contributed by atoms with Crippen LogP contribution in [0, 0.1) is 0 Å². The van der Waals surface area contributed by atoms with Gasteiger partial charge in [0, 0.05) is 18.4 Å². The second kappa shape index (κ2) is 27.6. The molecule has 0 saturated carbocycles. The summed E-state index contributed by atoms with van der Waals surface area (Å²) in [5.74, 6) is -0.0660. The van der Waals surface area contributed by atoms with Crippen LogP contribution in [0.25, 0.3) is 0 Å². The average molecular weight is 700 g/mol. The number of carbonyl (C=O) groups is 2. The minimum absolute atomic E-state index is 0. The van der Waals surface area contributed by atoms with Crippen molar-refractivity contribution in [3.63, 3.8) is 0 Å². The maximum atomic E-state index is 12.2. The van der Waals surface area contributed by atoms with Gasteiger partial charge in [-0.2, -0.15) is 0 Å². The summed E-state index contributed by atoms with van der Waals surface area (Å²) in [6.45, 7) is 9.73. The van der Waals surface area contributed by atoms with Crippen LogP contribution in [0.5, 0.6) is 0 Å². The first-order chi connectivity index (χ1) is 20.0. The van der Waals surface area contributed by atoms with E-state index in [1.165, 1.54) is 57.8 Å². The van der Waals surface area contributed by atoms with E-state index in [0.717, 1.165) is 37.2 Å². The number of nitrogens with two attached hydrogens (primary N) is 1. The fourth-order valence-corrected chi connectivity index (χ4v) is 4.21. The van der Waals surface area contributed by atoms with E-state index < -0.39 is 6.09 Å². The van der Waals surface area contributed by atoms with Crippen LogP contribution in [0.3, 0.4) is 0 Å². The Labute approximate surface area is 271 Å². The third-order valence-electron chi connectivity index (χ3n) is 6.62. The number of rotatable bonds is 21. The zero-order chi connectivity index (χ0) is 30.0. The number of hydrogen-bond donors (Lipinski definition) is 2. The van der Waals surface area contributed by atoms with Crippen molar-refractivity contribution in [1.29, 1.82) is 0 Å². The van der Waals surface area contributed by atoms with E-state index >= 15 is 0 Å². The zero-order valence-corrected chi connectivity index (χ0v) is 28.2. The summed E-state index contributed by atoms with van der Waals surface area (Å²) in [7, 11) is 0. The molecule has 0 fully saturated rings. The molecule has 2 rings (SSSR count). The Hall–Kier alpha value is -2.24. The second-order valence-electron chi connectivity index (χ2n) is 9.96. The predicted molar refractivity (Wildman–Crippen MR) is 165 cm³/mol. The fourth-order valence-electron chi connectivity index (χ4n) is 4.21. The first kappa shape index (κ1) is 39.8. The van der Waals surface area contributed by atoms with E-state index in [1.807, 2.05) is 60.3 Å². The van der Waals surface area contributed by atoms with Gasteiger partial charge in [0.2, 0.25) is 0 Å². The molecule has 9 heteroatoms. The number of benzene rings is 1. The Morgan fingerprint density at radius 1 is 0.762 bits per heavy atom. The van der Waals surface area contributed by atoms with E-state index in [9.17, 15) is 9.59 Å². The number of primary amides is 1. The number of aromatic nitrogens is 1. The van der Waals surface area contributed by atoms with Gasteiger partial charge in [0.25, 0.3) is 5.91 Å². The molecule has 0 atom stereocenters. The lowest BCUT2D eigenvalue weighted by Crippen LogP contribution is -3.00. The quantitative estimate of drug-likeness (QED) is 0.117. The predicted octanol–water partition coefficient (Wildman–Crippen LogP) is 3.85. The molecule has 8 nitrogen and oxygen atoms in total. The summed E-state index contributed by atoms with van der Waals surface area (Å²) in [6, 6.07) is 11.6. The number of carbonyl (C=O) groups excluding carboxylic acids is 2. The van der Waals surface area contributed by atoms with Gasteiger partial charge in [-0.05, 0) is 37.5 Å². The Bertz CT molecular complexity index is 961. The Kier molecular flexibility index (Phi) is 26.1. The highest BCUT2D eigenvalue weighted by molar-refractivity contribution is 6.04. The zero-order valence-electron chi connectivity index (χ0n) is 26.1. The highest BCUT2D eigenvalue weighted by Gasteiger charge is 2.11. The van der Waals surface area contributed by atoms with Crippen LogP contribution >= 0.6 is 0 Å². The molecule has 2 aromatic rings. The molecule has 0 aliphatic carbocycles. The number of nitrogens with one attached hydrogen (secondary N) is 1. The van der Waals surface area contributed by atoms with E-state index in [1.54, 1.807) is 0 Å². The van der Waals surface area contributed by atoms with Crippen LogP contribution in [-0.2, 0) is 27.2 Å². The Morgan fingerprint density at radius 3 is 1.98 bits per heavy atom. The maximum absolute atomic E-state index is 12.2. The van der Waals surface area contributed by atoms with Gasteiger partial charge in [0.15, 0.2) is 12.4 Å². The summed E-state index contributed by atoms with van der Waals surface area (Å²) in [5.41, 5.74) is 7.53. The standard InChI is InChI=1S/C17H35NO4.C16H18N2O.HI/c1-2-3-4-5-6-7-8-9-10-11-12-20-13-14-21-15-16-22-17(18)19;1-3-13-8-5-6-10-15(13)17-16(19)14-9-7-11-18(4-2)12-14;/h2-16H2,1H3,(H2,18,19);5-12H,3-4H2,1-2H3;1H. The van der Waals surface area contributed by atoms with Crippen LogP contribution < -0.4 is 39.6 Å². The number of amides is 2. The van der Waals surface area contributed by atoms with Crippen LogP contribution in [0.2, 0.25) is 0 Å². The van der Waals surface area contributed by atoms with Crippen molar-refractivity contribution < 1.29 is 52.3 Å². The fraction of sp³-hybridized carbons (Fsp3) is 0.606. The molecule has 3 N–H and O–H groups in total. The molecule has 1 aromatic heterocycles. The van der Waals surface area contributed by atoms with Crippen molar-refractivity contribution in [2.45, 2.75) is 97.9 Å². The number of halogens is 1. The molecule has 0 spiro atoms. The Morgan fingerprint density at radius 2 is 1.36 bits per heavy atom. The highest BCUT2D eigenvalue weighted by atomic mass is 127. The van der Waals surface area contributed by atoms with Gasteiger partial charge >= 0.3 is 6.09 Å². The molecule has 0 saturated heterocycles. The topological polar surface area (TPSA) is 104 Å². The molecule has 0 bridgehead atoms. The van der Waals surface area contributed by atoms with E-state index in [-0.39, 0.29) is 36.5 Å². The normalized spacial score (nSPS) is 10.3. The first-order valence-corrected chi connectivity index (χ1v) is 15.5. The summed E-state index contributed by atoms with van der Waals surface area (Å²) < 4.78 is 17.2. The lowest BCUT2D eigenvalue weighted by Gasteiger charge is -2.09. The monoisotopic (exact) mass is 699 g/mol. The Balaban J connectivity index is 0.000000787. The van der Waals surface area contributed by atoms with Crippen molar-refractivity contribution in [2.75, 3.05) is 38.4 Å². The van der Waals surface area contributed by atoms with E-state index in [0.29, 0.717) is 25.4 Å². The molecular formula is C33H54IN3O5. The SMILES string of the molecule is CCCCCCCCCCCCOCCOCCOC(N)=O.CCc1ccccc1NC(=O)c1ccc[n+](CC)c1.[I-]. The number of para-hydroxylation sites is 1. The van der Waals surface area contributed by atoms with Gasteiger partial charge < -0.3 is 49.2 Å². The number of anilines is 1. The van der Waals surface area contributed by atoms with Crippen LogP contribution in [0.15, 0.2) is 48.8 Å². The molecule has 1 heterocycles. The van der Waals surface area contributed by atoms with Crippen molar-refractivity contribution in [2.24, 2.45) is 5.73 Å². The molecule has 1 aromatic carbocycles. The van der Waals surface area contributed by atoms with Crippen LogP contribution in [-0.4, -0.2) is 45.0 Å². The maximum Gasteiger partial charge on any atom is 0.404 e. The average Bonchev–Trinajstić information content (AvgIpc) is 2.99.